The molecule has 0 aromatic rings. The quantitative estimate of drug-likeness (QED) is 0.471. The van der Waals surface area contributed by atoms with Gasteiger partial charge in [-0.25, -0.2) is 0 Å². The first-order valence-electron chi connectivity index (χ1n) is 3.46. The van der Waals surface area contributed by atoms with Gasteiger partial charge in [-0.05, 0) is 11.8 Å². The Morgan fingerprint density at radius 1 is 1.27 bits per heavy atom. The zero-order chi connectivity index (χ0) is 8.32. The summed E-state index contributed by atoms with van der Waals surface area (Å²) < 4.78 is 10.4. The van der Waals surface area contributed by atoms with Crippen molar-refractivity contribution in [3.63, 3.8) is 0 Å². The summed E-state index contributed by atoms with van der Waals surface area (Å²) in [5.74, 6) is 3.78. The first kappa shape index (κ1) is 8.14. The third-order valence-electron chi connectivity index (χ3n) is 1.52. The van der Waals surface area contributed by atoms with Crippen molar-refractivity contribution in [3.05, 3.63) is 0 Å². The van der Waals surface area contributed by atoms with Crippen molar-refractivity contribution in [2.24, 2.45) is 5.92 Å². The number of hydrogen-bond donors (Lipinski definition) is 0. The van der Waals surface area contributed by atoms with Crippen LogP contribution in [-0.4, -0.2) is 19.0 Å². The van der Waals surface area contributed by atoms with Crippen LogP contribution in [0.5, 0.6) is 0 Å². The molecule has 1 aliphatic heterocycles. The first-order chi connectivity index (χ1) is 5.22. The standard InChI is InChI=1S/C9H10O2/c1-4-9(5-2)10-6-8(3)7-11-9/h1-2,8H,6-7H2,3H3. The van der Waals surface area contributed by atoms with Crippen molar-refractivity contribution in [3.8, 4) is 24.7 Å². The number of hydrogen-bond acceptors (Lipinski definition) is 2. The third kappa shape index (κ3) is 1.54. The van der Waals surface area contributed by atoms with E-state index in [0.717, 1.165) is 0 Å². The Morgan fingerprint density at radius 3 is 2.09 bits per heavy atom. The van der Waals surface area contributed by atoms with Gasteiger partial charge < -0.3 is 9.47 Å². The van der Waals surface area contributed by atoms with Crippen LogP contribution >= 0.6 is 0 Å². The molecule has 58 valence electrons. The number of rotatable bonds is 0. The Bertz CT molecular complexity index is 195. The summed E-state index contributed by atoms with van der Waals surface area (Å²) in [6.45, 7) is 3.14. The fraction of sp³-hybridized carbons (Fsp3) is 0.556. The average Bonchev–Trinajstić information content (AvgIpc) is 2.07. The second-order valence-corrected chi connectivity index (χ2v) is 2.63. The normalized spacial score (nSPS) is 23.5. The number of terminal acetylenes is 2. The highest BCUT2D eigenvalue weighted by Crippen LogP contribution is 2.19. The van der Waals surface area contributed by atoms with Crippen molar-refractivity contribution in [1.29, 1.82) is 0 Å². The number of ether oxygens (including phenoxy) is 2. The van der Waals surface area contributed by atoms with E-state index in [1.54, 1.807) is 0 Å². The van der Waals surface area contributed by atoms with Crippen LogP contribution in [0.1, 0.15) is 6.92 Å². The van der Waals surface area contributed by atoms with Crippen LogP contribution in [0, 0.1) is 30.6 Å². The fourth-order valence-electron chi connectivity index (χ4n) is 0.817. The minimum absolute atomic E-state index is 0.366. The Balaban J connectivity index is 2.64. The molecule has 11 heavy (non-hydrogen) atoms. The molecule has 1 heterocycles. The minimum atomic E-state index is -1.20. The maximum atomic E-state index is 5.18. The molecule has 0 unspecified atom stereocenters. The molecule has 0 aromatic heterocycles. The summed E-state index contributed by atoms with van der Waals surface area (Å²) in [4.78, 5) is 0. The molecule has 0 spiro atoms. The molecule has 1 saturated heterocycles. The molecule has 0 bridgehead atoms. The smallest absolute Gasteiger partial charge is 0.300 e. The van der Waals surface area contributed by atoms with E-state index in [0.29, 0.717) is 19.1 Å². The molecule has 0 saturated carbocycles. The van der Waals surface area contributed by atoms with E-state index in [9.17, 15) is 0 Å². The molecular weight excluding hydrogens is 140 g/mol. The maximum Gasteiger partial charge on any atom is 0.300 e. The SMILES string of the molecule is C#CC1(C#C)OCC(C)CO1. The third-order valence-corrected chi connectivity index (χ3v) is 1.52. The monoisotopic (exact) mass is 150 g/mol. The highest BCUT2D eigenvalue weighted by atomic mass is 16.7. The van der Waals surface area contributed by atoms with Gasteiger partial charge in [-0.2, -0.15) is 0 Å². The van der Waals surface area contributed by atoms with E-state index in [1.807, 2.05) is 6.92 Å². The second kappa shape index (κ2) is 2.96. The topological polar surface area (TPSA) is 18.5 Å². The fourth-order valence-corrected chi connectivity index (χ4v) is 0.817. The Labute approximate surface area is 66.9 Å². The molecule has 0 radical (unpaired) electrons. The van der Waals surface area contributed by atoms with Crippen LogP contribution < -0.4 is 0 Å². The van der Waals surface area contributed by atoms with Gasteiger partial charge in [0.15, 0.2) is 0 Å². The van der Waals surface area contributed by atoms with Gasteiger partial charge in [0.1, 0.15) is 0 Å². The molecule has 1 aliphatic rings. The molecular formula is C9H10O2. The lowest BCUT2D eigenvalue weighted by Crippen LogP contribution is -2.41. The van der Waals surface area contributed by atoms with Crippen LogP contribution in [0.25, 0.3) is 0 Å². The van der Waals surface area contributed by atoms with E-state index in [1.165, 1.54) is 0 Å². The van der Waals surface area contributed by atoms with Gasteiger partial charge in [0.05, 0.1) is 13.2 Å². The van der Waals surface area contributed by atoms with Gasteiger partial charge in [-0.1, -0.05) is 6.92 Å². The van der Waals surface area contributed by atoms with Crippen LogP contribution in [-0.2, 0) is 9.47 Å². The highest BCUT2D eigenvalue weighted by Gasteiger charge is 2.32. The minimum Gasteiger partial charge on any atom is -0.329 e. The van der Waals surface area contributed by atoms with Crippen LogP contribution in [0.3, 0.4) is 0 Å². The van der Waals surface area contributed by atoms with Crippen molar-refractivity contribution in [1.82, 2.24) is 0 Å². The molecule has 2 nitrogen and oxygen atoms in total. The van der Waals surface area contributed by atoms with Gasteiger partial charge in [0.2, 0.25) is 0 Å². The molecule has 1 fully saturated rings. The molecule has 1 rings (SSSR count). The lowest BCUT2D eigenvalue weighted by molar-refractivity contribution is -0.211. The predicted molar refractivity (Wildman–Crippen MR) is 41.5 cm³/mol. The summed E-state index contributed by atoms with van der Waals surface area (Å²) in [5, 5.41) is 0. The molecule has 0 aromatic carbocycles. The molecule has 0 amide bonds. The van der Waals surface area contributed by atoms with Crippen molar-refractivity contribution in [2.45, 2.75) is 12.7 Å². The van der Waals surface area contributed by atoms with Gasteiger partial charge in [-0.3, -0.25) is 0 Å². The van der Waals surface area contributed by atoms with Crippen LogP contribution in [0.15, 0.2) is 0 Å². The van der Waals surface area contributed by atoms with Gasteiger partial charge in [0.25, 0.3) is 5.79 Å². The summed E-state index contributed by atoms with van der Waals surface area (Å²) in [5.41, 5.74) is 0. The molecule has 2 heteroatoms. The van der Waals surface area contributed by atoms with E-state index in [4.69, 9.17) is 22.3 Å². The Hall–Kier alpha value is -0.960. The van der Waals surface area contributed by atoms with Crippen molar-refractivity contribution < 1.29 is 9.47 Å². The Morgan fingerprint density at radius 2 is 1.73 bits per heavy atom. The lowest BCUT2D eigenvalue weighted by Gasteiger charge is -2.30. The molecule has 0 aliphatic carbocycles. The summed E-state index contributed by atoms with van der Waals surface area (Å²) >= 11 is 0. The van der Waals surface area contributed by atoms with E-state index in [2.05, 4.69) is 11.8 Å². The molecule has 0 atom stereocenters. The Kier molecular flexibility index (Phi) is 2.19. The summed E-state index contributed by atoms with van der Waals surface area (Å²) in [7, 11) is 0. The van der Waals surface area contributed by atoms with Gasteiger partial charge in [-0.15, -0.1) is 12.8 Å². The summed E-state index contributed by atoms with van der Waals surface area (Å²) in [6, 6.07) is 0. The lowest BCUT2D eigenvalue weighted by atomic mass is 10.2. The van der Waals surface area contributed by atoms with E-state index in [-0.39, 0.29) is 0 Å². The van der Waals surface area contributed by atoms with Crippen molar-refractivity contribution in [2.75, 3.05) is 13.2 Å². The zero-order valence-corrected chi connectivity index (χ0v) is 6.46. The largest absolute Gasteiger partial charge is 0.329 e. The van der Waals surface area contributed by atoms with E-state index < -0.39 is 5.79 Å². The summed E-state index contributed by atoms with van der Waals surface area (Å²) in [6.07, 6.45) is 10.3. The second-order valence-electron chi connectivity index (χ2n) is 2.63. The van der Waals surface area contributed by atoms with E-state index >= 15 is 0 Å². The highest BCUT2D eigenvalue weighted by molar-refractivity contribution is 5.20. The maximum absolute atomic E-state index is 5.18. The van der Waals surface area contributed by atoms with Crippen LogP contribution in [0.2, 0.25) is 0 Å². The molecule has 0 N–H and O–H groups in total. The van der Waals surface area contributed by atoms with Crippen molar-refractivity contribution >= 4 is 0 Å². The average molecular weight is 150 g/mol. The first-order valence-corrected chi connectivity index (χ1v) is 3.46. The predicted octanol–water partition coefficient (Wildman–Crippen LogP) is 0.632. The van der Waals surface area contributed by atoms with Crippen LogP contribution in [0.4, 0.5) is 0 Å². The zero-order valence-electron chi connectivity index (χ0n) is 6.46. The van der Waals surface area contributed by atoms with Gasteiger partial charge >= 0.3 is 0 Å². The van der Waals surface area contributed by atoms with Gasteiger partial charge in [0, 0.05) is 5.92 Å².